The van der Waals surface area contributed by atoms with Gasteiger partial charge in [-0.15, -0.1) is 11.3 Å². The first-order chi connectivity index (χ1) is 9.02. The van der Waals surface area contributed by atoms with Crippen LogP contribution in [-0.4, -0.2) is 22.7 Å². The summed E-state index contributed by atoms with van der Waals surface area (Å²) in [5, 5.41) is 2.24. The fourth-order valence-electron chi connectivity index (χ4n) is 1.95. The molecule has 0 bridgehead atoms. The van der Waals surface area contributed by atoms with Gasteiger partial charge in [-0.05, 0) is 34.5 Å². The molecule has 5 nitrogen and oxygen atoms in total. The predicted octanol–water partition coefficient (Wildman–Crippen LogP) is 2.51. The first kappa shape index (κ1) is 14.2. The number of carbonyl (C=O) groups excluding carboxylic acids is 3. The Balaban J connectivity index is 2.16. The summed E-state index contributed by atoms with van der Waals surface area (Å²) in [6.07, 6.45) is 1.18. The lowest BCUT2D eigenvalue weighted by Gasteiger charge is -2.29. The smallest absolute Gasteiger partial charge is 0.277 e. The quantitative estimate of drug-likeness (QED) is 0.853. The highest BCUT2D eigenvalue weighted by Gasteiger charge is 2.39. The van der Waals surface area contributed by atoms with Gasteiger partial charge >= 0.3 is 6.03 Å². The van der Waals surface area contributed by atoms with Crippen LogP contribution < -0.4 is 5.32 Å². The fourth-order valence-corrected chi connectivity index (χ4v) is 3.42. The van der Waals surface area contributed by atoms with Crippen molar-refractivity contribution in [2.45, 2.75) is 26.3 Å². The first-order valence-electron chi connectivity index (χ1n) is 5.93. The Morgan fingerprint density at radius 1 is 1.37 bits per heavy atom. The summed E-state index contributed by atoms with van der Waals surface area (Å²) in [6.45, 7) is 2.10. The predicted molar refractivity (Wildman–Crippen MR) is 74.5 cm³/mol. The number of carbonyl (C=O) groups is 3. The number of nitrogens with one attached hydrogen (secondary N) is 1. The molecule has 2 heterocycles. The number of amides is 4. The molecule has 1 fully saturated rings. The first-order valence-corrected chi connectivity index (χ1v) is 7.54. The van der Waals surface area contributed by atoms with Crippen molar-refractivity contribution in [1.29, 1.82) is 0 Å². The number of rotatable bonds is 4. The van der Waals surface area contributed by atoms with Gasteiger partial charge in [-0.3, -0.25) is 19.8 Å². The highest BCUT2D eigenvalue weighted by atomic mass is 79.9. The highest BCUT2D eigenvalue weighted by Crippen LogP contribution is 2.25. The van der Waals surface area contributed by atoms with Crippen LogP contribution in [0, 0.1) is 5.92 Å². The number of urea groups is 1. The van der Waals surface area contributed by atoms with Crippen molar-refractivity contribution >= 4 is 45.1 Å². The molecule has 4 amide bonds. The molecule has 7 heteroatoms. The van der Waals surface area contributed by atoms with E-state index >= 15 is 0 Å². The van der Waals surface area contributed by atoms with Gasteiger partial charge in [-0.25, -0.2) is 4.79 Å². The van der Waals surface area contributed by atoms with Crippen molar-refractivity contribution in [1.82, 2.24) is 10.2 Å². The number of hydrogen-bond donors (Lipinski definition) is 1. The zero-order valence-corrected chi connectivity index (χ0v) is 12.7. The molecular formula is C12H13BrN2O3S. The summed E-state index contributed by atoms with van der Waals surface area (Å²) in [5.41, 5.74) is 0. The SMILES string of the molecule is CCCC1C(=O)NC(=O)N(Cc2ccc(Br)s2)C1=O. The zero-order valence-electron chi connectivity index (χ0n) is 10.3. The van der Waals surface area contributed by atoms with E-state index in [1.807, 2.05) is 19.1 Å². The van der Waals surface area contributed by atoms with E-state index in [0.29, 0.717) is 6.42 Å². The van der Waals surface area contributed by atoms with Gasteiger partial charge in [-0.1, -0.05) is 13.3 Å². The molecule has 0 aromatic carbocycles. The maximum absolute atomic E-state index is 12.2. The van der Waals surface area contributed by atoms with E-state index in [1.54, 1.807) is 0 Å². The molecule has 0 saturated carbocycles. The average Bonchev–Trinajstić information content (AvgIpc) is 2.76. The number of halogens is 1. The molecule has 1 N–H and O–H groups in total. The van der Waals surface area contributed by atoms with Crippen molar-refractivity contribution < 1.29 is 14.4 Å². The second-order valence-electron chi connectivity index (χ2n) is 4.27. The Kier molecular flexibility index (Phi) is 4.36. The van der Waals surface area contributed by atoms with Gasteiger partial charge in [0.25, 0.3) is 0 Å². The van der Waals surface area contributed by atoms with Crippen LogP contribution in [0.4, 0.5) is 4.79 Å². The van der Waals surface area contributed by atoms with Crippen LogP contribution in [0.3, 0.4) is 0 Å². The van der Waals surface area contributed by atoms with Gasteiger partial charge in [-0.2, -0.15) is 0 Å². The standard InChI is InChI=1S/C12H13BrN2O3S/c1-2-3-8-10(16)14-12(18)15(11(8)17)6-7-4-5-9(13)19-7/h4-5,8H,2-3,6H2,1H3,(H,14,16,18). The van der Waals surface area contributed by atoms with Gasteiger partial charge in [0.1, 0.15) is 5.92 Å². The lowest BCUT2D eigenvalue weighted by molar-refractivity contribution is -0.143. The Morgan fingerprint density at radius 2 is 2.11 bits per heavy atom. The molecule has 1 unspecified atom stereocenters. The van der Waals surface area contributed by atoms with Crippen molar-refractivity contribution in [3.05, 3.63) is 20.8 Å². The van der Waals surface area contributed by atoms with Crippen LogP contribution >= 0.6 is 27.3 Å². The molecular weight excluding hydrogens is 332 g/mol. The third kappa shape index (κ3) is 3.03. The number of hydrogen-bond acceptors (Lipinski definition) is 4. The van der Waals surface area contributed by atoms with E-state index < -0.39 is 23.8 Å². The molecule has 1 aromatic heterocycles. The van der Waals surface area contributed by atoms with E-state index in [2.05, 4.69) is 21.2 Å². The van der Waals surface area contributed by atoms with Gasteiger partial charge in [0, 0.05) is 4.88 Å². The molecule has 1 aliphatic rings. The zero-order chi connectivity index (χ0) is 14.0. The van der Waals surface area contributed by atoms with Crippen LogP contribution in [0.1, 0.15) is 24.6 Å². The Hall–Kier alpha value is -1.21. The summed E-state index contributed by atoms with van der Waals surface area (Å²) < 4.78 is 0.938. The summed E-state index contributed by atoms with van der Waals surface area (Å²) >= 11 is 4.79. The maximum atomic E-state index is 12.2. The van der Waals surface area contributed by atoms with Crippen LogP contribution in [0.2, 0.25) is 0 Å². The largest absolute Gasteiger partial charge is 0.331 e. The van der Waals surface area contributed by atoms with Gasteiger partial charge in [0.2, 0.25) is 11.8 Å². The summed E-state index contributed by atoms with van der Waals surface area (Å²) in [4.78, 5) is 37.5. The average molecular weight is 345 g/mol. The second kappa shape index (κ2) is 5.83. The van der Waals surface area contributed by atoms with Crippen LogP contribution in [0.15, 0.2) is 15.9 Å². The van der Waals surface area contributed by atoms with E-state index in [-0.39, 0.29) is 6.54 Å². The number of imide groups is 2. The number of barbiturate groups is 1. The summed E-state index contributed by atoms with van der Waals surface area (Å²) in [5.74, 6) is -1.63. The van der Waals surface area contributed by atoms with Crippen LogP contribution in [-0.2, 0) is 16.1 Å². The minimum atomic E-state index is -0.744. The van der Waals surface area contributed by atoms with Gasteiger partial charge < -0.3 is 0 Å². The third-order valence-electron chi connectivity index (χ3n) is 2.88. The van der Waals surface area contributed by atoms with E-state index in [0.717, 1.165) is 20.0 Å². The van der Waals surface area contributed by atoms with E-state index in [1.165, 1.54) is 11.3 Å². The monoisotopic (exact) mass is 344 g/mol. The van der Waals surface area contributed by atoms with Crippen LogP contribution in [0.5, 0.6) is 0 Å². The molecule has 0 radical (unpaired) electrons. The summed E-state index contributed by atoms with van der Waals surface area (Å²) in [6, 6.07) is 3.08. The van der Waals surface area contributed by atoms with Gasteiger partial charge in [0.15, 0.2) is 0 Å². The molecule has 19 heavy (non-hydrogen) atoms. The molecule has 0 aliphatic carbocycles. The van der Waals surface area contributed by atoms with Gasteiger partial charge in [0.05, 0.1) is 10.3 Å². The van der Waals surface area contributed by atoms with Crippen molar-refractivity contribution in [3.63, 3.8) is 0 Å². The van der Waals surface area contributed by atoms with E-state index in [4.69, 9.17) is 0 Å². The number of thiophene rings is 1. The minimum Gasteiger partial charge on any atom is -0.277 e. The molecule has 102 valence electrons. The normalized spacial score (nSPS) is 19.8. The Morgan fingerprint density at radius 3 is 2.68 bits per heavy atom. The Bertz CT molecular complexity index is 529. The molecule has 2 rings (SSSR count). The molecule has 0 spiro atoms. The minimum absolute atomic E-state index is 0.203. The van der Waals surface area contributed by atoms with E-state index in [9.17, 15) is 14.4 Å². The molecule has 1 aliphatic heterocycles. The highest BCUT2D eigenvalue weighted by molar-refractivity contribution is 9.11. The lowest BCUT2D eigenvalue weighted by atomic mass is 9.99. The lowest BCUT2D eigenvalue weighted by Crippen LogP contribution is -2.57. The second-order valence-corrected chi connectivity index (χ2v) is 6.81. The molecule has 1 saturated heterocycles. The summed E-state index contributed by atoms with van der Waals surface area (Å²) in [7, 11) is 0. The van der Waals surface area contributed by atoms with Crippen molar-refractivity contribution in [3.8, 4) is 0 Å². The molecule has 1 atom stereocenters. The van der Waals surface area contributed by atoms with Crippen molar-refractivity contribution in [2.75, 3.05) is 0 Å². The third-order valence-corrected chi connectivity index (χ3v) is 4.48. The Labute approximate surface area is 123 Å². The van der Waals surface area contributed by atoms with Crippen LogP contribution in [0.25, 0.3) is 0 Å². The topological polar surface area (TPSA) is 66.5 Å². The van der Waals surface area contributed by atoms with Crippen molar-refractivity contribution in [2.24, 2.45) is 5.92 Å². The maximum Gasteiger partial charge on any atom is 0.331 e. The fraction of sp³-hybridized carbons (Fsp3) is 0.417. The molecule has 1 aromatic rings. The number of nitrogens with zero attached hydrogens (tertiary/aromatic N) is 1.